The molecule has 7 nitrogen and oxygen atoms in total. The minimum atomic E-state index is -2.82. The van der Waals surface area contributed by atoms with Gasteiger partial charge >= 0.3 is 5.97 Å². The molecule has 9 heteroatoms. The predicted octanol–water partition coefficient (Wildman–Crippen LogP) is 4.95. The van der Waals surface area contributed by atoms with Crippen molar-refractivity contribution >= 4 is 5.97 Å². The number of rotatable bonds is 6. The highest BCUT2D eigenvalue weighted by Gasteiger charge is 2.50. The summed E-state index contributed by atoms with van der Waals surface area (Å²) in [5.41, 5.74) is 1.88. The molecule has 0 amide bonds. The first-order valence-electron chi connectivity index (χ1n) is 10.0. The predicted molar refractivity (Wildman–Crippen MR) is 110 cm³/mol. The van der Waals surface area contributed by atoms with Crippen molar-refractivity contribution in [1.82, 2.24) is 19.9 Å². The zero-order valence-electron chi connectivity index (χ0n) is 17.0. The van der Waals surface area contributed by atoms with Gasteiger partial charge in [-0.3, -0.25) is 0 Å². The molecular formula is C23H18F2N4O3. The van der Waals surface area contributed by atoms with Gasteiger partial charge in [0.25, 0.3) is 12.3 Å². The van der Waals surface area contributed by atoms with E-state index in [0.717, 1.165) is 24.0 Å². The van der Waals surface area contributed by atoms with E-state index in [1.54, 1.807) is 6.07 Å². The third-order valence-corrected chi connectivity index (χ3v) is 5.77. The fraction of sp³-hybridized carbons (Fsp3) is 0.217. The van der Waals surface area contributed by atoms with Crippen LogP contribution in [0.3, 0.4) is 0 Å². The summed E-state index contributed by atoms with van der Waals surface area (Å²) in [7, 11) is 0. The third-order valence-electron chi connectivity index (χ3n) is 5.77. The number of halogens is 2. The Morgan fingerprint density at radius 1 is 1.16 bits per heavy atom. The summed E-state index contributed by atoms with van der Waals surface area (Å²) >= 11 is 0. The van der Waals surface area contributed by atoms with Gasteiger partial charge in [-0.1, -0.05) is 35.5 Å². The Morgan fingerprint density at radius 3 is 2.62 bits per heavy atom. The van der Waals surface area contributed by atoms with E-state index in [-0.39, 0.29) is 22.6 Å². The highest BCUT2D eigenvalue weighted by atomic mass is 19.3. The number of aromatic carboxylic acids is 1. The molecule has 2 aromatic carbocycles. The lowest BCUT2D eigenvalue weighted by Gasteiger charge is -2.13. The number of nitrogens with zero attached hydrogens (tertiary/aromatic N) is 4. The summed E-state index contributed by atoms with van der Waals surface area (Å²) in [5, 5.41) is 17.4. The third kappa shape index (κ3) is 3.26. The van der Waals surface area contributed by atoms with Gasteiger partial charge in [0.2, 0.25) is 0 Å². The van der Waals surface area contributed by atoms with E-state index in [4.69, 9.17) is 4.52 Å². The van der Waals surface area contributed by atoms with Crippen LogP contribution in [0.4, 0.5) is 8.78 Å². The first kappa shape index (κ1) is 20.0. The van der Waals surface area contributed by atoms with Crippen LogP contribution in [0.1, 0.15) is 52.3 Å². The average Bonchev–Trinajstić information content (AvgIpc) is 3.22. The molecule has 1 saturated carbocycles. The van der Waals surface area contributed by atoms with Gasteiger partial charge in [0.1, 0.15) is 11.4 Å². The van der Waals surface area contributed by atoms with Crippen LogP contribution in [0.25, 0.3) is 17.3 Å². The Hall–Kier alpha value is -3.88. The molecule has 1 fully saturated rings. The maximum Gasteiger partial charge on any atom is 0.335 e. The summed E-state index contributed by atoms with van der Waals surface area (Å²) < 4.78 is 33.6. The molecule has 4 aromatic rings. The number of benzene rings is 2. The highest BCUT2D eigenvalue weighted by molar-refractivity contribution is 5.88. The van der Waals surface area contributed by atoms with Crippen LogP contribution in [0.5, 0.6) is 0 Å². The lowest BCUT2D eigenvalue weighted by Crippen LogP contribution is -2.12. The van der Waals surface area contributed by atoms with E-state index in [1.807, 2.05) is 31.2 Å². The number of carbonyl (C=O) groups is 1. The molecule has 0 saturated heterocycles. The van der Waals surface area contributed by atoms with E-state index >= 15 is 0 Å². The Bertz CT molecular complexity index is 1320. The molecule has 2 heterocycles. The highest BCUT2D eigenvalue weighted by Crippen LogP contribution is 2.53. The minimum absolute atomic E-state index is 0.00486. The molecular weight excluding hydrogens is 418 g/mol. The SMILES string of the molecule is Cc1ccccc1C1(c2noc(-c3cc(C(F)F)nn3-c3cccc(C(=O)O)c3)n2)CC1. The topological polar surface area (TPSA) is 94.0 Å². The molecule has 1 N–H and O–H groups in total. The molecule has 0 bridgehead atoms. The van der Waals surface area contributed by atoms with Gasteiger partial charge in [-0.2, -0.15) is 10.1 Å². The zero-order chi connectivity index (χ0) is 22.5. The standard InChI is InChI=1S/C23H18F2N4O3/c1-13-5-2-3-8-16(13)23(9-10-23)22-26-20(32-28-22)18-12-17(19(24)25)27-29(18)15-7-4-6-14(11-15)21(30)31/h2-8,11-12,19H,9-10H2,1H3,(H,30,31). The number of carboxylic acids is 1. The van der Waals surface area contributed by atoms with E-state index in [2.05, 4.69) is 15.2 Å². The number of hydrogen-bond acceptors (Lipinski definition) is 5. The molecule has 1 aliphatic rings. The van der Waals surface area contributed by atoms with Crippen molar-refractivity contribution in [2.24, 2.45) is 0 Å². The fourth-order valence-corrected chi connectivity index (χ4v) is 4.00. The van der Waals surface area contributed by atoms with Gasteiger partial charge in [-0.25, -0.2) is 18.3 Å². The summed E-state index contributed by atoms with van der Waals surface area (Å²) in [6.07, 6.45) is -1.10. The van der Waals surface area contributed by atoms with E-state index < -0.39 is 18.1 Å². The van der Waals surface area contributed by atoms with Gasteiger partial charge in [0, 0.05) is 0 Å². The lowest BCUT2D eigenvalue weighted by atomic mass is 9.91. The Balaban J connectivity index is 1.60. The van der Waals surface area contributed by atoms with E-state index in [1.165, 1.54) is 28.9 Å². The fourth-order valence-electron chi connectivity index (χ4n) is 4.00. The van der Waals surface area contributed by atoms with Crippen molar-refractivity contribution in [2.75, 3.05) is 0 Å². The first-order chi connectivity index (χ1) is 15.4. The Labute approximate surface area is 181 Å². The van der Waals surface area contributed by atoms with Crippen molar-refractivity contribution in [1.29, 1.82) is 0 Å². The largest absolute Gasteiger partial charge is 0.478 e. The maximum atomic E-state index is 13.4. The molecule has 5 rings (SSSR count). The number of hydrogen-bond donors (Lipinski definition) is 1. The minimum Gasteiger partial charge on any atom is -0.478 e. The number of alkyl halides is 2. The van der Waals surface area contributed by atoms with Crippen molar-refractivity contribution in [3.8, 4) is 17.3 Å². The second kappa shape index (κ2) is 7.37. The molecule has 0 unspecified atom stereocenters. The monoisotopic (exact) mass is 436 g/mol. The summed E-state index contributed by atoms with van der Waals surface area (Å²) in [6.45, 7) is 2.02. The molecule has 2 aromatic heterocycles. The van der Waals surface area contributed by atoms with Gasteiger partial charge in [-0.05, 0) is 55.2 Å². The smallest absolute Gasteiger partial charge is 0.335 e. The van der Waals surface area contributed by atoms with Crippen LogP contribution >= 0.6 is 0 Å². The second-order valence-electron chi connectivity index (χ2n) is 7.84. The molecule has 0 radical (unpaired) electrons. The molecule has 0 aliphatic heterocycles. The number of aromatic nitrogens is 4. The summed E-state index contributed by atoms with van der Waals surface area (Å²) in [4.78, 5) is 15.9. The van der Waals surface area contributed by atoms with E-state index in [0.29, 0.717) is 11.5 Å². The maximum absolute atomic E-state index is 13.4. The molecule has 0 atom stereocenters. The van der Waals surface area contributed by atoms with Crippen molar-refractivity contribution < 1.29 is 23.2 Å². The lowest BCUT2D eigenvalue weighted by molar-refractivity contribution is 0.0696. The van der Waals surface area contributed by atoms with Crippen LogP contribution < -0.4 is 0 Å². The molecule has 1 aliphatic carbocycles. The second-order valence-corrected chi connectivity index (χ2v) is 7.84. The van der Waals surface area contributed by atoms with E-state index in [9.17, 15) is 18.7 Å². The molecule has 32 heavy (non-hydrogen) atoms. The van der Waals surface area contributed by atoms with Crippen LogP contribution in [-0.4, -0.2) is 31.0 Å². The van der Waals surface area contributed by atoms with Crippen LogP contribution in [0.15, 0.2) is 59.1 Å². The van der Waals surface area contributed by atoms with Crippen molar-refractivity contribution in [3.05, 3.63) is 82.8 Å². The van der Waals surface area contributed by atoms with Crippen molar-refractivity contribution in [2.45, 2.75) is 31.6 Å². The average molecular weight is 436 g/mol. The van der Waals surface area contributed by atoms with Gasteiger partial charge in [0.05, 0.1) is 16.7 Å². The van der Waals surface area contributed by atoms with Gasteiger partial charge in [0.15, 0.2) is 5.82 Å². The summed E-state index contributed by atoms with van der Waals surface area (Å²) in [5.74, 6) is -0.601. The summed E-state index contributed by atoms with van der Waals surface area (Å²) in [6, 6.07) is 15.0. The molecule has 162 valence electrons. The number of carboxylic acid groups (broad SMARTS) is 1. The molecule has 0 spiro atoms. The zero-order valence-corrected chi connectivity index (χ0v) is 17.0. The first-order valence-corrected chi connectivity index (χ1v) is 10.0. The Morgan fingerprint density at radius 2 is 1.94 bits per heavy atom. The van der Waals surface area contributed by atoms with Crippen LogP contribution in [-0.2, 0) is 5.41 Å². The van der Waals surface area contributed by atoms with Crippen LogP contribution in [0, 0.1) is 6.92 Å². The van der Waals surface area contributed by atoms with Crippen molar-refractivity contribution in [3.63, 3.8) is 0 Å². The van der Waals surface area contributed by atoms with Gasteiger partial charge < -0.3 is 9.63 Å². The quantitative estimate of drug-likeness (QED) is 0.460. The van der Waals surface area contributed by atoms with Crippen LogP contribution in [0.2, 0.25) is 0 Å². The Kier molecular flexibility index (Phi) is 4.61. The number of aryl methyl sites for hydroxylation is 1. The normalized spacial score (nSPS) is 14.6. The van der Waals surface area contributed by atoms with Gasteiger partial charge in [-0.15, -0.1) is 0 Å².